The van der Waals surface area contributed by atoms with E-state index in [4.69, 9.17) is 10.5 Å². The largest absolute Gasteiger partial charge is 0.494 e. The Morgan fingerprint density at radius 2 is 2.31 bits per heavy atom. The Balaban J connectivity index is 2.88. The minimum Gasteiger partial charge on any atom is -0.494 e. The van der Waals surface area contributed by atoms with E-state index in [1.165, 1.54) is 0 Å². The molecule has 4 nitrogen and oxygen atoms in total. The lowest BCUT2D eigenvalue weighted by Gasteiger charge is -2.04. The molecule has 68 valence electrons. The first-order valence-corrected chi connectivity index (χ1v) is 4.78. The minimum atomic E-state index is 0.634. The number of nitrogens with zero attached hydrogens (tertiary/aromatic N) is 1. The number of anilines is 1. The second-order valence-electron chi connectivity index (χ2n) is 2.62. The van der Waals surface area contributed by atoms with Gasteiger partial charge in [-0.1, -0.05) is 0 Å². The maximum atomic E-state index is 5.76. The molecule has 0 aliphatic carbocycles. The molecule has 3 N–H and O–H groups in total. The summed E-state index contributed by atoms with van der Waals surface area (Å²) in [6, 6.07) is 3.66. The number of nitrogens with two attached hydrogens (primary N) is 1. The molecule has 0 bridgehead atoms. The van der Waals surface area contributed by atoms with Crippen molar-refractivity contribution >= 4 is 39.2 Å². The number of benzene rings is 1. The predicted octanol–water partition coefficient (Wildman–Crippen LogP) is 1.76. The number of hydrogen-bond acceptors (Lipinski definition) is 3. The number of halogens is 1. The predicted molar refractivity (Wildman–Crippen MR) is 59.8 cm³/mol. The number of methoxy groups -OCH3 is 1. The lowest BCUT2D eigenvalue weighted by atomic mass is 10.2. The van der Waals surface area contributed by atoms with Crippen molar-refractivity contribution in [3.63, 3.8) is 0 Å². The zero-order valence-electron chi connectivity index (χ0n) is 6.97. The van der Waals surface area contributed by atoms with Crippen LogP contribution in [-0.4, -0.2) is 17.3 Å². The van der Waals surface area contributed by atoms with Gasteiger partial charge in [0.2, 0.25) is 0 Å². The third-order valence-corrected chi connectivity index (χ3v) is 2.64. The molecule has 1 aromatic carbocycles. The molecule has 0 fully saturated rings. The molecule has 0 spiro atoms. The van der Waals surface area contributed by atoms with Crippen LogP contribution in [0.15, 0.2) is 12.1 Å². The molecule has 0 unspecified atom stereocenters. The lowest BCUT2D eigenvalue weighted by molar-refractivity contribution is 0.422. The first-order chi connectivity index (χ1) is 6.24. The Bertz CT molecular complexity index is 452. The maximum Gasteiger partial charge on any atom is 0.153 e. The fourth-order valence-electron chi connectivity index (χ4n) is 1.28. The summed E-state index contributed by atoms with van der Waals surface area (Å²) >= 11 is 2.17. The van der Waals surface area contributed by atoms with Gasteiger partial charge in [-0.05, 0) is 34.7 Å². The van der Waals surface area contributed by atoms with Crippen LogP contribution in [0.4, 0.5) is 5.69 Å². The van der Waals surface area contributed by atoms with Crippen LogP contribution in [0.2, 0.25) is 0 Å². The molecule has 0 radical (unpaired) electrons. The zero-order valence-corrected chi connectivity index (χ0v) is 9.12. The summed E-state index contributed by atoms with van der Waals surface area (Å²) in [4.78, 5) is 0. The van der Waals surface area contributed by atoms with E-state index in [-0.39, 0.29) is 0 Å². The van der Waals surface area contributed by atoms with Crippen molar-refractivity contribution in [2.75, 3.05) is 12.8 Å². The van der Waals surface area contributed by atoms with Crippen LogP contribution in [0.1, 0.15) is 0 Å². The minimum absolute atomic E-state index is 0.634. The smallest absolute Gasteiger partial charge is 0.153 e. The molecule has 0 saturated carbocycles. The second-order valence-corrected chi connectivity index (χ2v) is 3.70. The molecular weight excluding hydrogens is 281 g/mol. The van der Waals surface area contributed by atoms with Crippen LogP contribution in [0, 0.1) is 3.70 Å². The van der Waals surface area contributed by atoms with Gasteiger partial charge in [-0.2, -0.15) is 5.10 Å². The molecule has 0 amide bonds. The van der Waals surface area contributed by atoms with E-state index in [0.717, 1.165) is 14.6 Å². The summed E-state index contributed by atoms with van der Waals surface area (Å²) in [5.41, 5.74) is 7.26. The molecule has 0 aliphatic heterocycles. The van der Waals surface area contributed by atoms with Gasteiger partial charge in [0.25, 0.3) is 0 Å². The van der Waals surface area contributed by atoms with E-state index in [9.17, 15) is 0 Å². The van der Waals surface area contributed by atoms with Crippen LogP contribution < -0.4 is 10.5 Å². The van der Waals surface area contributed by atoms with E-state index in [2.05, 4.69) is 32.8 Å². The fraction of sp³-hybridized carbons (Fsp3) is 0.125. The third-order valence-electron chi connectivity index (χ3n) is 1.86. The molecule has 13 heavy (non-hydrogen) atoms. The number of rotatable bonds is 1. The lowest BCUT2D eigenvalue weighted by Crippen LogP contribution is -1.92. The average Bonchev–Trinajstić information content (AvgIpc) is 2.49. The number of fused-ring (bicyclic) bond motifs is 1. The Morgan fingerprint density at radius 1 is 1.54 bits per heavy atom. The number of nitrogen functional groups attached to an aromatic ring is 1. The highest BCUT2D eigenvalue weighted by Crippen LogP contribution is 2.33. The SMILES string of the molecule is COc1c(N)ccc2n[nH]c(I)c12. The molecule has 0 atom stereocenters. The highest BCUT2D eigenvalue weighted by Gasteiger charge is 2.11. The van der Waals surface area contributed by atoms with Gasteiger partial charge in [-0.25, -0.2) is 0 Å². The number of nitrogens with one attached hydrogen (secondary N) is 1. The van der Waals surface area contributed by atoms with Gasteiger partial charge in [0, 0.05) is 0 Å². The van der Waals surface area contributed by atoms with Crippen LogP contribution in [-0.2, 0) is 0 Å². The van der Waals surface area contributed by atoms with Crippen molar-refractivity contribution in [3.05, 3.63) is 15.8 Å². The van der Waals surface area contributed by atoms with Crippen LogP contribution in [0.5, 0.6) is 5.75 Å². The number of ether oxygens (including phenoxy) is 1. The van der Waals surface area contributed by atoms with Crippen molar-refractivity contribution in [3.8, 4) is 5.75 Å². The Hall–Kier alpha value is -0.980. The second kappa shape index (κ2) is 3.06. The van der Waals surface area contributed by atoms with Gasteiger partial charge in [0.1, 0.15) is 3.70 Å². The highest BCUT2D eigenvalue weighted by molar-refractivity contribution is 14.1. The van der Waals surface area contributed by atoms with E-state index in [1.807, 2.05) is 6.07 Å². The van der Waals surface area contributed by atoms with Gasteiger partial charge in [-0.15, -0.1) is 0 Å². The quantitative estimate of drug-likeness (QED) is 0.621. The first kappa shape index (κ1) is 8.61. The third kappa shape index (κ3) is 1.23. The van der Waals surface area contributed by atoms with Gasteiger partial charge in [0.05, 0.1) is 23.7 Å². The van der Waals surface area contributed by atoms with Crippen LogP contribution in [0.3, 0.4) is 0 Å². The monoisotopic (exact) mass is 289 g/mol. The van der Waals surface area contributed by atoms with E-state index < -0.39 is 0 Å². The van der Waals surface area contributed by atoms with Crippen molar-refractivity contribution < 1.29 is 4.74 Å². The molecule has 2 aromatic rings. The summed E-state index contributed by atoms with van der Waals surface area (Å²) in [7, 11) is 1.61. The van der Waals surface area contributed by atoms with Crippen molar-refractivity contribution in [2.45, 2.75) is 0 Å². The number of H-pyrrole nitrogens is 1. The van der Waals surface area contributed by atoms with Gasteiger partial charge in [0.15, 0.2) is 5.75 Å². The number of aromatic amines is 1. The highest BCUT2D eigenvalue weighted by atomic mass is 127. The summed E-state index contributed by atoms with van der Waals surface area (Å²) in [5.74, 6) is 0.690. The Labute approximate surface area is 88.6 Å². The number of hydrogen-bond donors (Lipinski definition) is 2. The van der Waals surface area contributed by atoms with Crippen LogP contribution >= 0.6 is 22.6 Å². The molecular formula is C8H8IN3O. The Morgan fingerprint density at radius 3 is 3.00 bits per heavy atom. The van der Waals surface area contributed by atoms with Gasteiger partial charge >= 0.3 is 0 Å². The van der Waals surface area contributed by atoms with Crippen molar-refractivity contribution in [2.24, 2.45) is 0 Å². The number of aromatic nitrogens is 2. The molecule has 0 saturated heterocycles. The summed E-state index contributed by atoms with van der Waals surface area (Å²) in [6.07, 6.45) is 0. The van der Waals surface area contributed by atoms with Crippen molar-refractivity contribution in [1.82, 2.24) is 10.2 Å². The van der Waals surface area contributed by atoms with Gasteiger partial charge in [-0.3, -0.25) is 5.10 Å². The fourth-order valence-corrected chi connectivity index (χ4v) is 1.92. The van der Waals surface area contributed by atoms with E-state index in [1.54, 1.807) is 13.2 Å². The van der Waals surface area contributed by atoms with Crippen LogP contribution in [0.25, 0.3) is 10.9 Å². The molecule has 1 aromatic heterocycles. The normalized spacial score (nSPS) is 10.6. The molecule has 2 rings (SSSR count). The zero-order chi connectivity index (χ0) is 9.42. The van der Waals surface area contributed by atoms with E-state index >= 15 is 0 Å². The topological polar surface area (TPSA) is 63.9 Å². The summed E-state index contributed by atoms with van der Waals surface area (Å²) in [5, 5.41) is 7.93. The molecule has 0 aliphatic rings. The summed E-state index contributed by atoms with van der Waals surface area (Å²) in [6.45, 7) is 0. The Kier molecular flexibility index (Phi) is 2.03. The molecule has 5 heteroatoms. The first-order valence-electron chi connectivity index (χ1n) is 3.70. The maximum absolute atomic E-state index is 5.76. The van der Waals surface area contributed by atoms with E-state index in [0.29, 0.717) is 11.4 Å². The average molecular weight is 289 g/mol. The van der Waals surface area contributed by atoms with Crippen molar-refractivity contribution in [1.29, 1.82) is 0 Å². The standard InChI is InChI=1S/C8H8IN3O/c1-13-7-4(10)2-3-5-6(7)8(9)12-11-5/h2-3H,10H2,1H3,(H,11,12). The molecule has 1 heterocycles. The van der Waals surface area contributed by atoms with Gasteiger partial charge < -0.3 is 10.5 Å². The summed E-state index contributed by atoms with van der Waals surface area (Å²) < 4.78 is 6.15.